The summed E-state index contributed by atoms with van der Waals surface area (Å²) in [7, 11) is 1.70. The molecule has 3 rings (SSSR count). The minimum absolute atomic E-state index is 0.106. The molecule has 2 N–H and O–H groups in total. The standard InChI is InChI=1S/C15H20N4O2/c1-20-13(10-5-3-2-4-6-10)14-18-15(21-19-14)11-7-8-17-9-12(11)16/h7-10,13H,2-6,16H2,1H3. The van der Waals surface area contributed by atoms with E-state index in [1.807, 2.05) is 0 Å². The molecule has 2 heterocycles. The van der Waals surface area contributed by atoms with Crippen molar-refractivity contribution < 1.29 is 9.26 Å². The number of hydrogen-bond acceptors (Lipinski definition) is 6. The van der Waals surface area contributed by atoms with Gasteiger partial charge >= 0.3 is 0 Å². The molecule has 1 atom stereocenters. The van der Waals surface area contributed by atoms with Crippen LogP contribution in [-0.4, -0.2) is 22.2 Å². The maximum atomic E-state index is 5.89. The van der Waals surface area contributed by atoms with Crippen LogP contribution in [0, 0.1) is 5.92 Å². The van der Waals surface area contributed by atoms with E-state index >= 15 is 0 Å². The number of rotatable bonds is 4. The van der Waals surface area contributed by atoms with Gasteiger partial charge in [0.25, 0.3) is 5.89 Å². The van der Waals surface area contributed by atoms with E-state index in [0.29, 0.717) is 28.9 Å². The monoisotopic (exact) mass is 288 g/mol. The van der Waals surface area contributed by atoms with Crippen LogP contribution in [0.2, 0.25) is 0 Å². The lowest BCUT2D eigenvalue weighted by molar-refractivity contribution is 0.0274. The van der Waals surface area contributed by atoms with Gasteiger partial charge in [-0.2, -0.15) is 4.98 Å². The van der Waals surface area contributed by atoms with Gasteiger partial charge < -0.3 is 15.0 Å². The van der Waals surface area contributed by atoms with Crippen LogP contribution in [0.4, 0.5) is 5.69 Å². The summed E-state index contributed by atoms with van der Waals surface area (Å²) in [6, 6.07) is 1.77. The van der Waals surface area contributed by atoms with E-state index in [9.17, 15) is 0 Å². The Bertz CT molecular complexity index is 593. The number of nitrogens with two attached hydrogens (primary N) is 1. The van der Waals surface area contributed by atoms with Gasteiger partial charge in [0.2, 0.25) is 5.82 Å². The molecule has 0 radical (unpaired) electrons. The highest BCUT2D eigenvalue weighted by Crippen LogP contribution is 2.36. The molecule has 0 amide bonds. The Kier molecular flexibility index (Phi) is 4.15. The molecular weight excluding hydrogens is 268 g/mol. The van der Waals surface area contributed by atoms with Crippen LogP contribution >= 0.6 is 0 Å². The summed E-state index contributed by atoms with van der Waals surface area (Å²) in [5.41, 5.74) is 7.13. The summed E-state index contributed by atoms with van der Waals surface area (Å²) in [4.78, 5) is 8.44. The van der Waals surface area contributed by atoms with Crippen LogP contribution in [0.3, 0.4) is 0 Å². The SMILES string of the molecule is COC(c1noc(-c2ccncc2N)n1)C1CCCCC1. The Labute approximate surface area is 123 Å². The number of aromatic nitrogens is 3. The first-order chi connectivity index (χ1) is 10.3. The molecule has 6 heteroatoms. The molecule has 0 aromatic carbocycles. The van der Waals surface area contributed by atoms with Crippen molar-refractivity contribution in [2.75, 3.05) is 12.8 Å². The molecule has 1 aliphatic carbocycles. The van der Waals surface area contributed by atoms with Crippen LogP contribution in [0.25, 0.3) is 11.5 Å². The zero-order valence-electron chi connectivity index (χ0n) is 12.2. The van der Waals surface area contributed by atoms with Crippen molar-refractivity contribution in [2.24, 2.45) is 5.92 Å². The molecule has 6 nitrogen and oxygen atoms in total. The van der Waals surface area contributed by atoms with Crippen molar-refractivity contribution >= 4 is 5.69 Å². The minimum atomic E-state index is -0.106. The van der Waals surface area contributed by atoms with Gasteiger partial charge in [-0.1, -0.05) is 24.4 Å². The van der Waals surface area contributed by atoms with E-state index < -0.39 is 0 Å². The normalized spacial score (nSPS) is 17.8. The molecule has 0 saturated heterocycles. The van der Waals surface area contributed by atoms with Gasteiger partial charge in [0.1, 0.15) is 6.10 Å². The second-order valence-corrected chi connectivity index (χ2v) is 5.48. The Hall–Kier alpha value is -1.95. The van der Waals surface area contributed by atoms with E-state index in [1.54, 1.807) is 25.6 Å². The zero-order chi connectivity index (χ0) is 14.7. The maximum Gasteiger partial charge on any atom is 0.260 e. The summed E-state index contributed by atoms with van der Waals surface area (Å²) >= 11 is 0. The fraction of sp³-hybridized carbons (Fsp3) is 0.533. The van der Waals surface area contributed by atoms with Crippen LogP contribution < -0.4 is 5.73 Å². The first-order valence-electron chi connectivity index (χ1n) is 7.36. The Morgan fingerprint density at radius 3 is 2.86 bits per heavy atom. The lowest BCUT2D eigenvalue weighted by Crippen LogP contribution is -2.19. The quantitative estimate of drug-likeness (QED) is 0.930. The summed E-state index contributed by atoms with van der Waals surface area (Å²) < 4.78 is 11.0. The third kappa shape index (κ3) is 2.90. The van der Waals surface area contributed by atoms with Crippen molar-refractivity contribution in [3.63, 3.8) is 0 Å². The van der Waals surface area contributed by atoms with Gasteiger partial charge in [-0.3, -0.25) is 4.98 Å². The predicted octanol–water partition coefficient (Wildman–Crippen LogP) is 2.98. The van der Waals surface area contributed by atoms with E-state index in [-0.39, 0.29) is 6.10 Å². The van der Waals surface area contributed by atoms with Crippen LogP contribution in [0.5, 0.6) is 0 Å². The summed E-state index contributed by atoms with van der Waals surface area (Å²) in [5.74, 6) is 1.49. The van der Waals surface area contributed by atoms with Crippen LogP contribution in [-0.2, 0) is 4.74 Å². The van der Waals surface area contributed by atoms with Gasteiger partial charge in [-0.15, -0.1) is 0 Å². The third-order valence-electron chi connectivity index (χ3n) is 4.11. The molecule has 0 aliphatic heterocycles. The van der Waals surface area contributed by atoms with Gasteiger partial charge in [-0.25, -0.2) is 0 Å². The van der Waals surface area contributed by atoms with E-state index in [0.717, 1.165) is 12.8 Å². The summed E-state index contributed by atoms with van der Waals surface area (Å²) in [6.07, 6.45) is 9.22. The Morgan fingerprint density at radius 2 is 2.14 bits per heavy atom. The minimum Gasteiger partial charge on any atom is -0.397 e. The van der Waals surface area contributed by atoms with Crippen LogP contribution in [0.15, 0.2) is 23.0 Å². The average Bonchev–Trinajstić information content (AvgIpc) is 2.99. The zero-order valence-corrected chi connectivity index (χ0v) is 12.2. The van der Waals surface area contributed by atoms with Crippen molar-refractivity contribution in [1.82, 2.24) is 15.1 Å². The summed E-state index contributed by atoms with van der Waals surface area (Å²) in [5, 5.41) is 4.09. The fourth-order valence-corrected chi connectivity index (χ4v) is 3.01. The van der Waals surface area contributed by atoms with Crippen LogP contribution in [0.1, 0.15) is 44.0 Å². The number of nitrogen functional groups attached to an aromatic ring is 1. The van der Waals surface area contributed by atoms with Gasteiger partial charge in [-0.05, 0) is 24.8 Å². The van der Waals surface area contributed by atoms with E-state index in [1.165, 1.54) is 19.3 Å². The molecule has 112 valence electrons. The molecule has 1 aliphatic rings. The third-order valence-corrected chi connectivity index (χ3v) is 4.11. The highest BCUT2D eigenvalue weighted by molar-refractivity contribution is 5.68. The molecule has 2 aromatic heterocycles. The molecule has 0 bridgehead atoms. The van der Waals surface area contributed by atoms with Crippen molar-refractivity contribution in [3.8, 4) is 11.5 Å². The first kappa shape index (κ1) is 14.0. The average molecular weight is 288 g/mol. The Morgan fingerprint density at radius 1 is 1.33 bits per heavy atom. The highest BCUT2D eigenvalue weighted by atomic mass is 16.5. The number of ether oxygens (including phenoxy) is 1. The lowest BCUT2D eigenvalue weighted by Gasteiger charge is -2.26. The van der Waals surface area contributed by atoms with Crippen molar-refractivity contribution in [1.29, 1.82) is 0 Å². The van der Waals surface area contributed by atoms with E-state index in [2.05, 4.69) is 15.1 Å². The van der Waals surface area contributed by atoms with Gasteiger partial charge in [0, 0.05) is 13.3 Å². The second-order valence-electron chi connectivity index (χ2n) is 5.48. The molecular formula is C15H20N4O2. The molecule has 1 fully saturated rings. The highest BCUT2D eigenvalue weighted by Gasteiger charge is 2.29. The number of hydrogen-bond donors (Lipinski definition) is 1. The Balaban J connectivity index is 1.84. The topological polar surface area (TPSA) is 87.1 Å². The van der Waals surface area contributed by atoms with Gasteiger partial charge in [0.15, 0.2) is 0 Å². The molecule has 1 unspecified atom stereocenters. The van der Waals surface area contributed by atoms with E-state index in [4.69, 9.17) is 15.0 Å². The van der Waals surface area contributed by atoms with Gasteiger partial charge in [0.05, 0.1) is 17.4 Å². The number of methoxy groups -OCH3 is 1. The number of pyridine rings is 1. The molecule has 1 saturated carbocycles. The van der Waals surface area contributed by atoms with Crippen molar-refractivity contribution in [3.05, 3.63) is 24.3 Å². The molecule has 21 heavy (non-hydrogen) atoms. The van der Waals surface area contributed by atoms with Crippen molar-refractivity contribution in [2.45, 2.75) is 38.2 Å². The number of anilines is 1. The fourth-order valence-electron chi connectivity index (χ4n) is 3.01. The summed E-state index contributed by atoms with van der Waals surface area (Å²) in [6.45, 7) is 0. The first-order valence-corrected chi connectivity index (χ1v) is 7.36. The second kappa shape index (κ2) is 6.22. The maximum absolute atomic E-state index is 5.89. The lowest BCUT2D eigenvalue weighted by atomic mass is 9.85. The molecule has 0 spiro atoms. The smallest absolute Gasteiger partial charge is 0.260 e. The number of nitrogens with zero attached hydrogens (tertiary/aromatic N) is 3. The molecule has 2 aromatic rings. The largest absolute Gasteiger partial charge is 0.397 e. The predicted molar refractivity (Wildman–Crippen MR) is 78.3 cm³/mol.